The van der Waals surface area contributed by atoms with E-state index in [4.69, 9.17) is 0 Å². The lowest BCUT2D eigenvalue weighted by Crippen LogP contribution is -2.16. The Morgan fingerprint density at radius 3 is 1.35 bits per heavy atom. The zero-order valence-corrected chi connectivity index (χ0v) is 15.7. The summed E-state index contributed by atoms with van der Waals surface area (Å²) >= 11 is 0. The van der Waals surface area contributed by atoms with Crippen molar-refractivity contribution in [2.75, 3.05) is 0 Å². The molecule has 0 spiro atoms. The number of hydrogen-bond acceptors (Lipinski definition) is 0. The lowest BCUT2D eigenvalue weighted by atomic mass is 9.78. The molecule has 0 saturated carbocycles. The lowest BCUT2D eigenvalue weighted by Gasteiger charge is -2.28. The molecule has 0 aromatic carbocycles. The van der Waals surface area contributed by atoms with E-state index in [-0.39, 0.29) is 0 Å². The van der Waals surface area contributed by atoms with E-state index in [1.165, 1.54) is 38.5 Å². The predicted molar refractivity (Wildman–Crippen MR) is 94.0 cm³/mol. The van der Waals surface area contributed by atoms with Crippen molar-refractivity contribution in [1.82, 2.24) is 0 Å². The van der Waals surface area contributed by atoms with E-state index in [1.54, 1.807) is 0 Å². The second-order valence-electron chi connectivity index (χ2n) is 8.61. The van der Waals surface area contributed by atoms with Gasteiger partial charge in [-0.25, -0.2) is 0 Å². The van der Waals surface area contributed by atoms with Gasteiger partial charge in [0, 0.05) is 0 Å². The van der Waals surface area contributed by atoms with Crippen molar-refractivity contribution in [3.8, 4) is 0 Å². The summed E-state index contributed by atoms with van der Waals surface area (Å²) < 4.78 is 0. The number of hydrogen-bond donors (Lipinski definition) is 0. The normalized spacial score (nSPS) is 16.9. The molecule has 20 heavy (non-hydrogen) atoms. The Labute approximate surface area is 130 Å². The first kappa shape index (κ1) is 20.0. The second-order valence-corrected chi connectivity index (χ2v) is 8.61. The molecule has 0 aliphatic rings. The molecule has 0 heteroatoms. The highest BCUT2D eigenvalue weighted by Crippen LogP contribution is 2.32. The quantitative estimate of drug-likeness (QED) is 0.376. The summed E-state index contributed by atoms with van der Waals surface area (Å²) in [4.78, 5) is 0. The van der Waals surface area contributed by atoms with Gasteiger partial charge in [-0.05, 0) is 67.6 Å². The first-order chi connectivity index (χ1) is 9.24. The maximum Gasteiger partial charge on any atom is -0.0407 e. The van der Waals surface area contributed by atoms with Crippen LogP contribution in [0.3, 0.4) is 0 Å². The van der Waals surface area contributed by atoms with Crippen LogP contribution in [-0.4, -0.2) is 0 Å². The molecular formula is C20H42. The van der Waals surface area contributed by atoms with Gasteiger partial charge in [0.1, 0.15) is 0 Å². The van der Waals surface area contributed by atoms with Gasteiger partial charge in [0.2, 0.25) is 0 Å². The van der Waals surface area contributed by atoms with Crippen molar-refractivity contribution in [2.45, 2.75) is 93.9 Å². The zero-order valence-electron chi connectivity index (χ0n) is 15.7. The third-order valence-electron chi connectivity index (χ3n) is 4.46. The molecule has 3 atom stereocenters. The molecule has 0 amide bonds. The van der Waals surface area contributed by atoms with Crippen molar-refractivity contribution in [2.24, 2.45) is 35.5 Å². The van der Waals surface area contributed by atoms with Gasteiger partial charge in [-0.1, -0.05) is 61.8 Å². The minimum atomic E-state index is 0.849. The molecule has 0 fully saturated rings. The van der Waals surface area contributed by atoms with Gasteiger partial charge in [-0.15, -0.1) is 0 Å². The van der Waals surface area contributed by atoms with Crippen LogP contribution in [0.5, 0.6) is 0 Å². The highest BCUT2D eigenvalue weighted by Gasteiger charge is 2.20. The van der Waals surface area contributed by atoms with Crippen LogP contribution in [0.15, 0.2) is 0 Å². The second kappa shape index (κ2) is 10.7. The van der Waals surface area contributed by atoms with Crippen LogP contribution in [0.25, 0.3) is 0 Å². The molecule has 0 N–H and O–H groups in total. The van der Waals surface area contributed by atoms with Gasteiger partial charge >= 0.3 is 0 Å². The minimum absolute atomic E-state index is 0.849. The van der Waals surface area contributed by atoms with Gasteiger partial charge in [0.25, 0.3) is 0 Å². The van der Waals surface area contributed by atoms with Gasteiger partial charge in [0.05, 0.1) is 0 Å². The summed E-state index contributed by atoms with van der Waals surface area (Å²) in [7, 11) is 0. The van der Waals surface area contributed by atoms with E-state index in [2.05, 4.69) is 55.4 Å². The predicted octanol–water partition coefficient (Wildman–Crippen LogP) is 7.18. The standard InChI is InChI=1S/C20H42/c1-9-19(11-16(4)5)14-20(12-17(6)7)13-18(8)10-15(2)3/h15-20H,9-14H2,1-8H3/t18-,19+,20+/m1/s1. The topological polar surface area (TPSA) is 0 Å². The molecular weight excluding hydrogens is 240 g/mol. The summed E-state index contributed by atoms with van der Waals surface area (Å²) in [5.41, 5.74) is 0. The van der Waals surface area contributed by atoms with Crippen LogP contribution >= 0.6 is 0 Å². The average Bonchev–Trinajstić information content (AvgIpc) is 2.24. The van der Waals surface area contributed by atoms with Crippen molar-refractivity contribution in [3.05, 3.63) is 0 Å². The van der Waals surface area contributed by atoms with Gasteiger partial charge in [-0.3, -0.25) is 0 Å². The summed E-state index contributed by atoms with van der Waals surface area (Å²) in [5, 5.41) is 0. The van der Waals surface area contributed by atoms with Crippen LogP contribution < -0.4 is 0 Å². The Kier molecular flexibility index (Phi) is 10.7. The first-order valence-corrected chi connectivity index (χ1v) is 9.24. The van der Waals surface area contributed by atoms with Crippen molar-refractivity contribution in [3.63, 3.8) is 0 Å². The van der Waals surface area contributed by atoms with Gasteiger partial charge in [-0.2, -0.15) is 0 Å². The summed E-state index contributed by atoms with van der Waals surface area (Å²) in [6.07, 6.45) is 8.53. The average molecular weight is 283 g/mol. The highest BCUT2D eigenvalue weighted by atomic mass is 14.3. The smallest absolute Gasteiger partial charge is 0.0407 e. The monoisotopic (exact) mass is 282 g/mol. The summed E-state index contributed by atoms with van der Waals surface area (Å²) in [6, 6.07) is 0. The summed E-state index contributed by atoms with van der Waals surface area (Å²) in [6.45, 7) is 19.1. The Morgan fingerprint density at radius 2 is 0.950 bits per heavy atom. The molecule has 0 aliphatic heterocycles. The fraction of sp³-hybridized carbons (Fsp3) is 1.00. The van der Waals surface area contributed by atoms with Crippen LogP contribution in [-0.2, 0) is 0 Å². The third-order valence-corrected chi connectivity index (χ3v) is 4.46. The fourth-order valence-corrected chi connectivity index (χ4v) is 3.99. The van der Waals surface area contributed by atoms with Crippen molar-refractivity contribution < 1.29 is 0 Å². The van der Waals surface area contributed by atoms with Crippen molar-refractivity contribution >= 4 is 0 Å². The molecule has 0 radical (unpaired) electrons. The van der Waals surface area contributed by atoms with Crippen molar-refractivity contribution in [1.29, 1.82) is 0 Å². The zero-order chi connectivity index (χ0) is 15.7. The Hall–Kier alpha value is 0. The van der Waals surface area contributed by atoms with E-state index < -0.39 is 0 Å². The molecule has 0 bridgehead atoms. The molecule has 0 nitrogen and oxygen atoms in total. The van der Waals surface area contributed by atoms with E-state index in [9.17, 15) is 0 Å². The Morgan fingerprint density at radius 1 is 0.500 bits per heavy atom. The minimum Gasteiger partial charge on any atom is -0.0651 e. The molecule has 0 aromatic heterocycles. The molecule has 0 unspecified atom stereocenters. The molecule has 122 valence electrons. The first-order valence-electron chi connectivity index (χ1n) is 9.24. The lowest BCUT2D eigenvalue weighted by molar-refractivity contribution is 0.236. The van der Waals surface area contributed by atoms with Crippen LogP contribution in [0.4, 0.5) is 0 Å². The maximum absolute atomic E-state index is 2.47. The summed E-state index contributed by atoms with van der Waals surface area (Å²) in [5.74, 6) is 5.35. The van der Waals surface area contributed by atoms with E-state index >= 15 is 0 Å². The van der Waals surface area contributed by atoms with Crippen LogP contribution in [0.2, 0.25) is 0 Å². The Bertz CT molecular complexity index is 214. The maximum atomic E-state index is 2.47. The molecule has 0 heterocycles. The van der Waals surface area contributed by atoms with E-state index in [1.807, 2.05) is 0 Å². The third kappa shape index (κ3) is 10.7. The highest BCUT2D eigenvalue weighted by molar-refractivity contribution is 4.71. The van der Waals surface area contributed by atoms with Gasteiger partial charge < -0.3 is 0 Å². The van der Waals surface area contributed by atoms with Crippen LogP contribution in [0, 0.1) is 35.5 Å². The molecule has 0 saturated heterocycles. The molecule has 0 aliphatic carbocycles. The SMILES string of the molecule is CC[C@@H](CC(C)C)C[C@@H](CC(C)C)C[C@H](C)CC(C)C. The largest absolute Gasteiger partial charge is 0.0651 e. The Balaban J connectivity index is 4.45. The number of rotatable bonds is 11. The molecule has 0 rings (SSSR count). The fourth-order valence-electron chi connectivity index (χ4n) is 3.99. The van der Waals surface area contributed by atoms with E-state index in [0.29, 0.717) is 0 Å². The molecule has 0 aromatic rings. The van der Waals surface area contributed by atoms with Crippen LogP contribution in [0.1, 0.15) is 93.9 Å². The van der Waals surface area contributed by atoms with E-state index in [0.717, 1.165) is 35.5 Å². The van der Waals surface area contributed by atoms with Gasteiger partial charge in [0.15, 0.2) is 0 Å².